The first-order chi connectivity index (χ1) is 6.88. The smallest absolute Gasteiger partial charge is 0.388 e. The van der Waals surface area contributed by atoms with Crippen LogP contribution in [0.4, 0.5) is 13.2 Å². The maximum absolute atomic E-state index is 11.8. The van der Waals surface area contributed by atoms with Crippen LogP contribution < -0.4 is 0 Å². The fourth-order valence-electron chi connectivity index (χ4n) is 1.27. The topological polar surface area (TPSA) is 20.2 Å². The third-order valence-electron chi connectivity index (χ3n) is 2.03. The second-order valence-electron chi connectivity index (χ2n) is 3.47. The van der Waals surface area contributed by atoms with Crippen LogP contribution in [0.15, 0.2) is 12.1 Å². The van der Waals surface area contributed by atoms with Gasteiger partial charge in [0.1, 0.15) is 0 Å². The molecule has 1 aromatic rings. The summed E-state index contributed by atoms with van der Waals surface area (Å²) in [7, 11) is 0. The molecular weight excluding hydrogens is 225 g/mol. The fourth-order valence-corrected chi connectivity index (χ4v) is 2.17. The van der Waals surface area contributed by atoms with Crippen LogP contribution in [0, 0.1) is 6.92 Å². The van der Waals surface area contributed by atoms with Crippen LogP contribution in [0.1, 0.15) is 35.1 Å². The van der Waals surface area contributed by atoms with Crippen molar-refractivity contribution in [2.45, 2.75) is 38.5 Å². The number of alkyl halides is 3. The van der Waals surface area contributed by atoms with Crippen LogP contribution in [-0.4, -0.2) is 11.3 Å². The minimum atomic E-state index is -4.12. The highest BCUT2D eigenvalue weighted by molar-refractivity contribution is 7.11. The van der Waals surface area contributed by atoms with Gasteiger partial charge >= 0.3 is 6.18 Å². The third kappa shape index (κ3) is 4.66. The van der Waals surface area contributed by atoms with Crippen LogP contribution >= 0.6 is 11.3 Å². The lowest BCUT2D eigenvalue weighted by Crippen LogP contribution is -2.07. The minimum absolute atomic E-state index is 0.0262. The molecule has 0 amide bonds. The molecule has 1 rings (SSSR count). The Morgan fingerprint density at radius 2 is 2.07 bits per heavy atom. The summed E-state index contributed by atoms with van der Waals surface area (Å²) in [6.45, 7) is 1.90. The fraction of sp³-hybridized carbons (Fsp3) is 0.600. The van der Waals surface area contributed by atoms with Gasteiger partial charge in [-0.25, -0.2) is 0 Å². The van der Waals surface area contributed by atoms with E-state index in [2.05, 4.69) is 0 Å². The van der Waals surface area contributed by atoms with Crippen LogP contribution in [0.25, 0.3) is 0 Å². The molecule has 0 spiro atoms. The van der Waals surface area contributed by atoms with Crippen molar-refractivity contribution in [3.63, 3.8) is 0 Å². The van der Waals surface area contributed by atoms with E-state index in [-0.39, 0.29) is 12.8 Å². The molecule has 0 fully saturated rings. The summed E-state index contributed by atoms with van der Waals surface area (Å²) in [5.41, 5.74) is 0. The molecule has 15 heavy (non-hydrogen) atoms. The minimum Gasteiger partial charge on any atom is -0.388 e. The predicted molar refractivity (Wildman–Crippen MR) is 53.9 cm³/mol. The number of hydrogen-bond acceptors (Lipinski definition) is 2. The molecule has 0 saturated heterocycles. The summed E-state index contributed by atoms with van der Waals surface area (Å²) in [6, 6.07) is 3.62. The first-order valence-corrected chi connectivity index (χ1v) is 5.51. The molecule has 0 saturated carbocycles. The number of aryl methyl sites for hydroxylation is 1. The normalized spacial score (nSPS) is 14.2. The molecule has 0 radical (unpaired) electrons. The van der Waals surface area contributed by atoms with Gasteiger partial charge in [-0.05, 0) is 31.9 Å². The van der Waals surface area contributed by atoms with Gasteiger partial charge in [0.25, 0.3) is 0 Å². The highest BCUT2D eigenvalue weighted by Gasteiger charge is 2.26. The van der Waals surface area contributed by atoms with Gasteiger partial charge in [-0.15, -0.1) is 11.3 Å². The van der Waals surface area contributed by atoms with Crippen molar-refractivity contribution in [3.8, 4) is 0 Å². The molecule has 0 aromatic carbocycles. The van der Waals surface area contributed by atoms with Gasteiger partial charge in [0.05, 0.1) is 6.10 Å². The molecule has 0 aliphatic heterocycles. The Morgan fingerprint density at radius 3 is 2.53 bits per heavy atom. The number of hydrogen-bond donors (Lipinski definition) is 1. The number of rotatable bonds is 4. The van der Waals surface area contributed by atoms with E-state index in [1.807, 2.05) is 13.0 Å². The lowest BCUT2D eigenvalue weighted by Gasteiger charge is -2.09. The molecule has 0 aliphatic rings. The SMILES string of the molecule is Cc1ccc(C(O)CCCC(F)(F)F)s1. The number of aliphatic hydroxyl groups excluding tert-OH is 1. The van der Waals surface area contributed by atoms with Crippen LogP contribution in [0.2, 0.25) is 0 Å². The maximum atomic E-state index is 11.8. The summed E-state index contributed by atoms with van der Waals surface area (Å²) < 4.78 is 35.5. The Balaban J connectivity index is 2.34. The van der Waals surface area contributed by atoms with E-state index in [4.69, 9.17) is 0 Å². The van der Waals surface area contributed by atoms with E-state index < -0.39 is 18.7 Å². The quantitative estimate of drug-likeness (QED) is 0.845. The molecule has 86 valence electrons. The molecule has 1 unspecified atom stereocenters. The Hall–Kier alpha value is -0.550. The second kappa shape index (κ2) is 4.99. The monoisotopic (exact) mass is 238 g/mol. The van der Waals surface area contributed by atoms with Crippen LogP contribution in [-0.2, 0) is 0 Å². The molecule has 1 aromatic heterocycles. The Kier molecular flexibility index (Phi) is 4.16. The lowest BCUT2D eigenvalue weighted by atomic mass is 10.1. The maximum Gasteiger partial charge on any atom is 0.389 e. The molecule has 1 N–H and O–H groups in total. The molecular formula is C10H13F3OS. The predicted octanol–water partition coefficient (Wildman–Crippen LogP) is 3.82. The van der Waals surface area contributed by atoms with Crippen molar-refractivity contribution in [2.24, 2.45) is 0 Å². The zero-order valence-corrected chi connectivity index (χ0v) is 9.16. The second-order valence-corrected chi connectivity index (χ2v) is 4.79. The molecule has 1 nitrogen and oxygen atoms in total. The molecule has 5 heteroatoms. The van der Waals surface area contributed by atoms with E-state index in [0.717, 1.165) is 9.75 Å². The summed E-state index contributed by atoms with van der Waals surface area (Å²) in [4.78, 5) is 1.80. The van der Waals surface area contributed by atoms with Crippen molar-refractivity contribution in [2.75, 3.05) is 0 Å². The summed E-state index contributed by atoms with van der Waals surface area (Å²) in [5.74, 6) is 0. The zero-order chi connectivity index (χ0) is 11.5. The van der Waals surface area contributed by atoms with Gasteiger partial charge in [0, 0.05) is 16.2 Å². The molecule has 1 heterocycles. The van der Waals surface area contributed by atoms with Gasteiger partial charge < -0.3 is 5.11 Å². The van der Waals surface area contributed by atoms with Gasteiger partial charge in [0.15, 0.2) is 0 Å². The van der Waals surface area contributed by atoms with E-state index in [9.17, 15) is 18.3 Å². The summed E-state index contributed by atoms with van der Waals surface area (Å²) >= 11 is 1.42. The highest BCUT2D eigenvalue weighted by atomic mass is 32.1. The van der Waals surface area contributed by atoms with Crippen molar-refractivity contribution in [1.82, 2.24) is 0 Å². The van der Waals surface area contributed by atoms with E-state index in [1.54, 1.807) is 6.07 Å². The van der Waals surface area contributed by atoms with E-state index in [0.29, 0.717) is 0 Å². The number of halogens is 3. The summed E-state index contributed by atoms with van der Waals surface area (Å²) in [6.07, 6.45) is -5.56. The van der Waals surface area contributed by atoms with E-state index >= 15 is 0 Å². The first kappa shape index (κ1) is 12.5. The average Bonchev–Trinajstić information content (AvgIpc) is 2.49. The van der Waals surface area contributed by atoms with Gasteiger partial charge in [-0.3, -0.25) is 0 Å². The van der Waals surface area contributed by atoms with E-state index in [1.165, 1.54) is 11.3 Å². The zero-order valence-electron chi connectivity index (χ0n) is 8.34. The standard InChI is InChI=1S/C10H13F3OS/c1-7-4-5-9(15-7)8(14)3-2-6-10(11,12)13/h4-5,8,14H,2-3,6H2,1H3. The average molecular weight is 238 g/mol. The third-order valence-corrected chi connectivity index (χ3v) is 3.13. The first-order valence-electron chi connectivity index (χ1n) is 4.69. The molecule has 0 aliphatic carbocycles. The van der Waals surface area contributed by atoms with Crippen molar-refractivity contribution >= 4 is 11.3 Å². The molecule has 0 bridgehead atoms. The number of aliphatic hydroxyl groups is 1. The Bertz CT molecular complexity index is 306. The van der Waals surface area contributed by atoms with Crippen LogP contribution in [0.3, 0.4) is 0 Å². The largest absolute Gasteiger partial charge is 0.389 e. The van der Waals surface area contributed by atoms with Gasteiger partial charge in [0.2, 0.25) is 0 Å². The summed E-state index contributed by atoms with van der Waals surface area (Å²) in [5, 5.41) is 9.57. The van der Waals surface area contributed by atoms with Crippen molar-refractivity contribution in [1.29, 1.82) is 0 Å². The molecule has 1 atom stereocenters. The Morgan fingerprint density at radius 1 is 1.40 bits per heavy atom. The Labute approximate surface area is 90.6 Å². The van der Waals surface area contributed by atoms with Crippen molar-refractivity contribution in [3.05, 3.63) is 21.9 Å². The van der Waals surface area contributed by atoms with Gasteiger partial charge in [-0.2, -0.15) is 13.2 Å². The van der Waals surface area contributed by atoms with Crippen molar-refractivity contribution < 1.29 is 18.3 Å². The van der Waals surface area contributed by atoms with Crippen LogP contribution in [0.5, 0.6) is 0 Å². The van der Waals surface area contributed by atoms with Gasteiger partial charge in [-0.1, -0.05) is 0 Å². The highest BCUT2D eigenvalue weighted by Crippen LogP contribution is 2.29. The number of thiophene rings is 1. The lowest BCUT2D eigenvalue weighted by molar-refractivity contribution is -0.136.